The summed E-state index contributed by atoms with van der Waals surface area (Å²) >= 11 is 0. The van der Waals surface area contributed by atoms with Gasteiger partial charge in [0.25, 0.3) is 0 Å². The summed E-state index contributed by atoms with van der Waals surface area (Å²) in [6.45, 7) is 4.29. The summed E-state index contributed by atoms with van der Waals surface area (Å²) in [6.07, 6.45) is 0. The van der Waals surface area contributed by atoms with Gasteiger partial charge in [-0.15, -0.1) is 0 Å². The van der Waals surface area contributed by atoms with Crippen molar-refractivity contribution >= 4 is 10.9 Å². The highest BCUT2D eigenvalue weighted by Crippen LogP contribution is 2.29. The third kappa shape index (κ3) is 1.64. The predicted molar refractivity (Wildman–Crippen MR) is 73.2 cm³/mol. The summed E-state index contributed by atoms with van der Waals surface area (Å²) in [5.41, 5.74) is 6.31. The summed E-state index contributed by atoms with van der Waals surface area (Å²) in [7, 11) is 0. The van der Waals surface area contributed by atoms with Gasteiger partial charge in [-0.1, -0.05) is 48.0 Å². The summed E-state index contributed by atoms with van der Waals surface area (Å²) in [5, 5.41) is 1.31. The van der Waals surface area contributed by atoms with E-state index in [4.69, 9.17) is 0 Å². The molecule has 0 spiro atoms. The van der Waals surface area contributed by atoms with Crippen molar-refractivity contribution < 1.29 is 0 Å². The fraction of sp³-hybridized carbons (Fsp3) is 0.125. The third-order valence-electron chi connectivity index (χ3n) is 3.31. The van der Waals surface area contributed by atoms with Crippen molar-refractivity contribution in [3.05, 3.63) is 59.7 Å². The summed E-state index contributed by atoms with van der Waals surface area (Å²) in [5.74, 6) is 0. The molecule has 3 aromatic rings. The van der Waals surface area contributed by atoms with Crippen LogP contribution in [-0.4, -0.2) is 4.98 Å². The van der Waals surface area contributed by atoms with E-state index < -0.39 is 0 Å². The Morgan fingerprint density at radius 2 is 1.53 bits per heavy atom. The molecule has 0 bridgehead atoms. The second-order valence-electron chi connectivity index (χ2n) is 4.54. The SMILES string of the molecule is Cc1ccc(-c2[nH]c3ccccc3c2C)cc1. The van der Waals surface area contributed by atoms with Gasteiger partial charge >= 0.3 is 0 Å². The molecular formula is C16H15N. The van der Waals surface area contributed by atoms with Gasteiger partial charge < -0.3 is 4.98 Å². The molecule has 0 atom stereocenters. The lowest BCUT2D eigenvalue weighted by Gasteiger charge is -2.01. The molecule has 0 amide bonds. The van der Waals surface area contributed by atoms with Gasteiger partial charge in [0.2, 0.25) is 0 Å². The van der Waals surface area contributed by atoms with Crippen LogP contribution in [0, 0.1) is 13.8 Å². The van der Waals surface area contributed by atoms with E-state index in [-0.39, 0.29) is 0 Å². The maximum absolute atomic E-state index is 3.50. The van der Waals surface area contributed by atoms with Crippen molar-refractivity contribution in [3.8, 4) is 11.3 Å². The summed E-state index contributed by atoms with van der Waals surface area (Å²) in [6, 6.07) is 17.1. The van der Waals surface area contributed by atoms with Gasteiger partial charge in [-0.2, -0.15) is 0 Å². The first-order valence-electron chi connectivity index (χ1n) is 5.90. The van der Waals surface area contributed by atoms with Gasteiger partial charge in [0.15, 0.2) is 0 Å². The minimum atomic E-state index is 1.21. The van der Waals surface area contributed by atoms with E-state index in [0.29, 0.717) is 0 Å². The van der Waals surface area contributed by atoms with Crippen molar-refractivity contribution in [2.75, 3.05) is 0 Å². The lowest BCUT2D eigenvalue weighted by molar-refractivity contribution is 1.39. The number of rotatable bonds is 1. The molecular weight excluding hydrogens is 206 g/mol. The Labute approximate surface area is 101 Å². The van der Waals surface area contributed by atoms with E-state index in [9.17, 15) is 0 Å². The van der Waals surface area contributed by atoms with Crippen LogP contribution in [0.2, 0.25) is 0 Å². The number of hydrogen-bond donors (Lipinski definition) is 1. The van der Waals surface area contributed by atoms with Crippen molar-refractivity contribution in [1.82, 2.24) is 4.98 Å². The molecule has 0 radical (unpaired) electrons. The normalized spacial score (nSPS) is 10.9. The molecule has 84 valence electrons. The number of aromatic amines is 1. The molecule has 0 saturated carbocycles. The Bertz CT molecular complexity index is 660. The van der Waals surface area contributed by atoms with Crippen LogP contribution in [-0.2, 0) is 0 Å². The first-order chi connectivity index (χ1) is 8.25. The largest absolute Gasteiger partial charge is 0.354 e. The highest BCUT2D eigenvalue weighted by atomic mass is 14.7. The van der Waals surface area contributed by atoms with Crippen LogP contribution >= 0.6 is 0 Å². The second kappa shape index (κ2) is 3.77. The highest BCUT2D eigenvalue weighted by molar-refractivity contribution is 5.90. The number of aromatic nitrogens is 1. The van der Waals surface area contributed by atoms with Crippen LogP contribution in [0.4, 0.5) is 0 Å². The van der Waals surface area contributed by atoms with Crippen molar-refractivity contribution in [1.29, 1.82) is 0 Å². The molecule has 3 rings (SSSR count). The number of benzene rings is 2. The number of aryl methyl sites for hydroxylation is 2. The molecule has 1 N–H and O–H groups in total. The summed E-state index contributed by atoms with van der Waals surface area (Å²) < 4.78 is 0. The molecule has 1 aromatic heterocycles. The molecule has 0 aliphatic rings. The summed E-state index contributed by atoms with van der Waals surface area (Å²) in [4.78, 5) is 3.50. The molecule has 1 heterocycles. The lowest BCUT2D eigenvalue weighted by atomic mass is 10.1. The number of H-pyrrole nitrogens is 1. The smallest absolute Gasteiger partial charge is 0.0494 e. The number of nitrogens with one attached hydrogen (secondary N) is 1. The molecule has 2 aromatic carbocycles. The third-order valence-corrected chi connectivity index (χ3v) is 3.31. The number of para-hydroxylation sites is 1. The van der Waals surface area contributed by atoms with E-state index in [1.807, 2.05) is 0 Å². The van der Waals surface area contributed by atoms with E-state index in [2.05, 4.69) is 67.4 Å². The molecule has 0 saturated heterocycles. The minimum absolute atomic E-state index is 1.21. The maximum atomic E-state index is 3.50. The van der Waals surface area contributed by atoms with Gasteiger partial charge in [0.1, 0.15) is 0 Å². The molecule has 0 fully saturated rings. The Morgan fingerprint density at radius 1 is 0.824 bits per heavy atom. The van der Waals surface area contributed by atoms with Crippen LogP contribution in [0.1, 0.15) is 11.1 Å². The van der Waals surface area contributed by atoms with Crippen molar-refractivity contribution in [3.63, 3.8) is 0 Å². The van der Waals surface area contributed by atoms with Crippen molar-refractivity contribution in [2.24, 2.45) is 0 Å². The van der Waals surface area contributed by atoms with E-state index in [0.717, 1.165) is 0 Å². The van der Waals surface area contributed by atoms with Gasteiger partial charge in [0, 0.05) is 16.6 Å². The number of fused-ring (bicyclic) bond motifs is 1. The Morgan fingerprint density at radius 3 is 2.24 bits per heavy atom. The van der Waals surface area contributed by atoms with Crippen LogP contribution in [0.5, 0.6) is 0 Å². The van der Waals surface area contributed by atoms with Gasteiger partial charge in [0.05, 0.1) is 0 Å². The molecule has 0 aliphatic heterocycles. The molecule has 1 nitrogen and oxygen atoms in total. The van der Waals surface area contributed by atoms with Gasteiger partial charge in [-0.05, 0) is 31.0 Å². The zero-order chi connectivity index (χ0) is 11.8. The van der Waals surface area contributed by atoms with Crippen LogP contribution in [0.15, 0.2) is 48.5 Å². The quantitative estimate of drug-likeness (QED) is 0.624. The van der Waals surface area contributed by atoms with E-state index >= 15 is 0 Å². The van der Waals surface area contributed by atoms with Gasteiger partial charge in [-0.25, -0.2) is 0 Å². The van der Waals surface area contributed by atoms with Crippen LogP contribution in [0.25, 0.3) is 22.2 Å². The fourth-order valence-electron chi connectivity index (χ4n) is 2.29. The Hall–Kier alpha value is -2.02. The topological polar surface area (TPSA) is 15.8 Å². The molecule has 0 unspecified atom stereocenters. The fourth-order valence-corrected chi connectivity index (χ4v) is 2.29. The van der Waals surface area contributed by atoms with Gasteiger partial charge in [-0.3, -0.25) is 0 Å². The second-order valence-corrected chi connectivity index (χ2v) is 4.54. The lowest BCUT2D eigenvalue weighted by Crippen LogP contribution is -1.80. The average molecular weight is 221 g/mol. The van der Waals surface area contributed by atoms with E-state index in [1.54, 1.807) is 0 Å². The Balaban J connectivity index is 2.24. The molecule has 1 heteroatoms. The Kier molecular flexibility index (Phi) is 2.25. The van der Waals surface area contributed by atoms with E-state index in [1.165, 1.54) is 33.3 Å². The van der Waals surface area contributed by atoms with Crippen molar-refractivity contribution in [2.45, 2.75) is 13.8 Å². The van der Waals surface area contributed by atoms with Crippen LogP contribution < -0.4 is 0 Å². The minimum Gasteiger partial charge on any atom is -0.354 e. The monoisotopic (exact) mass is 221 g/mol. The van der Waals surface area contributed by atoms with Crippen LogP contribution in [0.3, 0.4) is 0 Å². The molecule has 0 aliphatic carbocycles. The highest BCUT2D eigenvalue weighted by Gasteiger charge is 2.08. The maximum Gasteiger partial charge on any atom is 0.0494 e. The number of hydrogen-bond acceptors (Lipinski definition) is 0. The first-order valence-corrected chi connectivity index (χ1v) is 5.90. The average Bonchev–Trinajstić information content (AvgIpc) is 2.69. The first kappa shape index (κ1) is 10.2. The zero-order valence-electron chi connectivity index (χ0n) is 10.1. The molecule has 17 heavy (non-hydrogen) atoms. The predicted octanol–water partition coefficient (Wildman–Crippen LogP) is 4.45. The zero-order valence-corrected chi connectivity index (χ0v) is 10.1. The standard InChI is InChI=1S/C16H15N/c1-11-7-9-13(10-8-11)16-12(2)14-5-3-4-6-15(14)17-16/h3-10,17H,1-2H3.